The zero-order chi connectivity index (χ0) is 38.3. The molecule has 7 heteroatoms. The van der Waals surface area contributed by atoms with Gasteiger partial charge in [-0.05, 0) is 128 Å². The molecule has 1 unspecified atom stereocenters. The van der Waals surface area contributed by atoms with Crippen LogP contribution in [0, 0.1) is 22.2 Å². The molecule has 0 radical (unpaired) electrons. The molecule has 2 aliphatic heterocycles. The van der Waals surface area contributed by atoms with E-state index >= 15 is 0 Å². The highest BCUT2D eigenvalue weighted by Crippen LogP contribution is 2.30. The molecular weight excluding hydrogens is 610 g/mol. The Balaban J connectivity index is 0. The summed E-state index contributed by atoms with van der Waals surface area (Å²) in [7, 11) is 4.29. The van der Waals surface area contributed by atoms with Crippen molar-refractivity contribution in [3.05, 3.63) is 0 Å². The summed E-state index contributed by atoms with van der Waals surface area (Å²) in [5.41, 5.74) is 2.18. The number of ether oxygens (including phenoxy) is 2. The van der Waals surface area contributed by atoms with Gasteiger partial charge in [0.25, 0.3) is 0 Å². The molecule has 1 atom stereocenters. The van der Waals surface area contributed by atoms with Crippen LogP contribution in [0.1, 0.15) is 174 Å². The lowest BCUT2D eigenvalue weighted by Crippen LogP contribution is -2.32. The summed E-state index contributed by atoms with van der Waals surface area (Å²) in [6.07, 6.45) is 12.8. The van der Waals surface area contributed by atoms with Gasteiger partial charge >= 0.3 is 0 Å². The summed E-state index contributed by atoms with van der Waals surface area (Å²) in [5.74, 6) is 0.847. The maximum absolute atomic E-state index is 10.5. The number of oxime groups is 1. The Kier molecular flexibility index (Phi) is 26.4. The number of likely N-dealkylation sites (tertiary alicyclic amines) is 1. The third-order valence-electron chi connectivity index (χ3n) is 8.90. The van der Waals surface area contributed by atoms with Crippen molar-refractivity contribution >= 4 is 11.5 Å². The maximum atomic E-state index is 10.5. The van der Waals surface area contributed by atoms with Crippen LogP contribution in [0.5, 0.6) is 0 Å². The Labute approximate surface area is 307 Å². The number of carbonyl (C=O) groups is 1. The summed E-state index contributed by atoms with van der Waals surface area (Å²) in [6, 6.07) is 0.738. The van der Waals surface area contributed by atoms with Gasteiger partial charge in [-0.2, -0.15) is 0 Å². The molecule has 0 N–H and O–H groups in total. The van der Waals surface area contributed by atoms with Crippen LogP contribution < -0.4 is 0 Å². The van der Waals surface area contributed by atoms with Crippen LogP contribution >= 0.6 is 0 Å². The highest BCUT2D eigenvalue weighted by molar-refractivity contribution is 5.81. The van der Waals surface area contributed by atoms with E-state index in [0.717, 1.165) is 82.6 Å². The highest BCUT2D eigenvalue weighted by Gasteiger charge is 2.31. The van der Waals surface area contributed by atoms with Crippen LogP contribution in [0.25, 0.3) is 0 Å². The van der Waals surface area contributed by atoms with E-state index in [1.807, 2.05) is 6.92 Å². The molecule has 0 spiro atoms. The van der Waals surface area contributed by atoms with Crippen LogP contribution in [-0.2, 0) is 19.1 Å². The molecule has 2 aliphatic rings. The number of Topliss-reactive ketones (excluding diaryl/α,β-unsaturated/α-hetero) is 1. The molecule has 0 aromatic carbocycles. The average Bonchev–Trinajstić information content (AvgIpc) is 3.42. The van der Waals surface area contributed by atoms with Gasteiger partial charge in [-0.15, -0.1) is 0 Å². The van der Waals surface area contributed by atoms with Crippen molar-refractivity contribution in [2.24, 2.45) is 27.3 Å². The normalized spacial score (nSPS) is 17.7. The van der Waals surface area contributed by atoms with Crippen molar-refractivity contribution in [2.45, 2.75) is 186 Å². The Morgan fingerprint density at radius 2 is 1.29 bits per heavy atom. The first-order valence-corrected chi connectivity index (χ1v) is 19.7. The standard InChI is InChI=1S/C15H30N2O.C10H20O2.C9H21N.C8H16O/c1-14(8-9-15(2,3)4)16-18-13-12-17-10-6-5-7-11-17;1-9(2,3)5-6-10(4)11-7-8-12-10;1-8(2)6-7-9(3)10(4)5;1-7(9)5-6-8(2,3)4/h5-13H2,1-4H3;5-8H2,1-4H3;8-9H,6-7H2,1-5H3;5-6H2,1-4H3/b16-14-;;;. The lowest BCUT2D eigenvalue weighted by molar-refractivity contribution is -0.150. The van der Waals surface area contributed by atoms with Crippen molar-refractivity contribution < 1.29 is 19.1 Å². The van der Waals surface area contributed by atoms with Crippen molar-refractivity contribution in [1.29, 1.82) is 0 Å². The van der Waals surface area contributed by atoms with Gasteiger partial charge in [-0.1, -0.05) is 87.7 Å². The van der Waals surface area contributed by atoms with Crippen LogP contribution in [0.2, 0.25) is 0 Å². The third kappa shape index (κ3) is 36.6. The number of ketones is 1. The first-order valence-electron chi connectivity index (χ1n) is 19.7. The summed E-state index contributed by atoms with van der Waals surface area (Å²) in [6.45, 7) is 38.3. The van der Waals surface area contributed by atoms with E-state index in [-0.39, 0.29) is 5.79 Å². The van der Waals surface area contributed by atoms with Crippen molar-refractivity contribution in [2.75, 3.05) is 53.6 Å². The van der Waals surface area contributed by atoms with Crippen LogP contribution in [0.4, 0.5) is 0 Å². The molecule has 2 fully saturated rings. The number of hydrogen-bond donors (Lipinski definition) is 0. The second-order valence-electron chi connectivity index (χ2n) is 19.1. The lowest BCUT2D eigenvalue weighted by atomic mass is 9.89. The molecule has 0 bridgehead atoms. The molecular formula is C42H87N3O4. The third-order valence-corrected chi connectivity index (χ3v) is 8.90. The molecule has 2 rings (SSSR count). The summed E-state index contributed by atoms with van der Waals surface area (Å²) < 4.78 is 11.0. The van der Waals surface area contributed by atoms with E-state index in [1.54, 1.807) is 6.92 Å². The first-order chi connectivity index (χ1) is 22.3. The number of hydrogen-bond acceptors (Lipinski definition) is 7. The molecule has 0 aromatic rings. The van der Waals surface area contributed by atoms with Gasteiger partial charge in [0.2, 0.25) is 0 Å². The fourth-order valence-electron chi connectivity index (χ4n) is 4.80. The predicted molar refractivity (Wildman–Crippen MR) is 214 cm³/mol. The topological polar surface area (TPSA) is 63.6 Å². The van der Waals surface area contributed by atoms with E-state index in [9.17, 15) is 4.79 Å². The van der Waals surface area contributed by atoms with E-state index < -0.39 is 0 Å². The molecule has 294 valence electrons. The quantitative estimate of drug-likeness (QED) is 0.102. The van der Waals surface area contributed by atoms with Gasteiger partial charge in [0, 0.05) is 25.4 Å². The minimum atomic E-state index is -0.298. The van der Waals surface area contributed by atoms with Gasteiger partial charge in [0.1, 0.15) is 12.4 Å². The van der Waals surface area contributed by atoms with Crippen molar-refractivity contribution in [3.63, 3.8) is 0 Å². The van der Waals surface area contributed by atoms with Gasteiger partial charge in [0.05, 0.1) is 18.9 Å². The van der Waals surface area contributed by atoms with Gasteiger partial charge < -0.3 is 24.0 Å². The van der Waals surface area contributed by atoms with Crippen LogP contribution in [0.15, 0.2) is 5.16 Å². The summed E-state index contributed by atoms with van der Waals surface area (Å²) in [4.78, 5) is 20.7. The predicted octanol–water partition coefficient (Wildman–Crippen LogP) is 11.0. The fourth-order valence-corrected chi connectivity index (χ4v) is 4.80. The monoisotopic (exact) mass is 698 g/mol. The zero-order valence-electron chi connectivity index (χ0n) is 36.2. The number of rotatable bonds is 14. The largest absolute Gasteiger partial charge is 0.394 e. The second-order valence-corrected chi connectivity index (χ2v) is 19.1. The molecule has 0 aromatic heterocycles. The van der Waals surface area contributed by atoms with Crippen LogP contribution in [-0.4, -0.2) is 86.7 Å². The first kappa shape index (κ1) is 50.1. The summed E-state index contributed by atoms with van der Waals surface area (Å²) in [5, 5.41) is 4.20. The molecule has 0 saturated carbocycles. The highest BCUT2D eigenvalue weighted by atomic mass is 16.7. The minimum absolute atomic E-state index is 0.296. The molecule has 2 saturated heterocycles. The Morgan fingerprint density at radius 1 is 0.796 bits per heavy atom. The molecule has 2 heterocycles. The average molecular weight is 698 g/mol. The van der Waals surface area contributed by atoms with E-state index in [4.69, 9.17) is 14.3 Å². The van der Waals surface area contributed by atoms with Crippen LogP contribution in [0.3, 0.4) is 0 Å². The number of nitrogens with zero attached hydrogens (tertiary/aromatic N) is 3. The molecule has 0 aliphatic carbocycles. The van der Waals surface area contributed by atoms with Gasteiger partial charge in [-0.3, -0.25) is 4.90 Å². The minimum Gasteiger partial charge on any atom is -0.394 e. The van der Waals surface area contributed by atoms with Gasteiger partial charge in [0.15, 0.2) is 5.79 Å². The Hall–Kier alpha value is -1.02. The SMILES string of the molecule is C/C(CCC(C)(C)C)=N/OCCN1CCCCC1.CC(=O)CCC(C)(C)C.CC(C)(C)CCC1(C)OCCO1.CC(C)CCC(C)N(C)C. The molecule has 0 amide bonds. The smallest absolute Gasteiger partial charge is 0.165 e. The number of carbonyl (C=O) groups excluding carboxylic acids is 1. The molecule has 49 heavy (non-hydrogen) atoms. The fraction of sp³-hybridized carbons (Fsp3) is 0.952. The van der Waals surface area contributed by atoms with E-state index in [1.165, 1.54) is 45.2 Å². The lowest BCUT2D eigenvalue weighted by Gasteiger charge is -2.26. The second kappa shape index (κ2) is 25.9. The Morgan fingerprint density at radius 3 is 1.69 bits per heavy atom. The Bertz CT molecular complexity index is 837. The summed E-state index contributed by atoms with van der Waals surface area (Å²) >= 11 is 0. The van der Waals surface area contributed by atoms with E-state index in [0.29, 0.717) is 22.0 Å². The number of piperidine rings is 1. The maximum Gasteiger partial charge on any atom is 0.165 e. The molecule has 7 nitrogen and oxygen atoms in total. The van der Waals surface area contributed by atoms with E-state index in [2.05, 4.69) is 119 Å². The van der Waals surface area contributed by atoms with Crippen molar-refractivity contribution in [1.82, 2.24) is 9.80 Å². The zero-order valence-corrected chi connectivity index (χ0v) is 36.2. The van der Waals surface area contributed by atoms with Crippen molar-refractivity contribution in [3.8, 4) is 0 Å². The van der Waals surface area contributed by atoms with Gasteiger partial charge in [-0.25, -0.2) is 0 Å².